The first-order valence-corrected chi connectivity index (χ1v) is 16.6. The van der Waals surface area contributed by atoms with Crippen LogP contribution in [-0.4, -0.2) is 85.6 Å². The van der Waals surface area contributed by atoms with E-state index in [1.807, 2.05) is 11.8 Å². The molecule has 2 aliphatic heterocycles. The first-order chi connectivity index (χ1) is 18.7. The fraction of sp³-hybridized carbons (Fsp3) is 0.903. The molecule has 4 bridgehead atoms. The van der Waals surface area contributed by atoms with Crippen molar-refractivity contribution in [3.8, 4) is 0 Å². The molecule has 6 aliphatic rings. The SMILES string of the molecule is CCSCCN1C[C@H](OC[C@@]23C[C@@H]4[C@H](C)CC[C@H]4[C@@]4(C5OCCO5)C[C@@H]2C=C(C(C)C)[C@@]34C(=O)O)O[C@H](C)C1. The number of hydrogen-bond donors (Lipinski definition) is 1. The molecule has 5 fully saturated rings. The summed E-state index contributed by atoms with van der Waals surface area (Å²) in [5, 5.41) is 11.5. The second-order valence-electron chi connectivity index (χ2n) is 13.6. The molecule has 0 aromatic carbocycles. The fourth-order valence-corrected chi connectivity index (χ4v) is 11.0. The molecule has 2 saturated heterocycles. The van der Waals surface area contributed by atoms with Crippen molar-refractivity contribution in [1.82, 2.24) is 4.90 Å². The topological polar surface area (TPSA) is 77.5 Å². The number of aliphatic carboxylic acids is 1. The highest BCUT2D eigenvalue weighted by atomic mass is 32.2. The number of nitrogens with zero attached hydrogens (tertiary/aromatic N) is 1. The summed E-state index contributed by atoms with van der Waals surface area (Å²) in [4.78, 5) is 16.5. The zero-order valence-corrected chi connectivity index (χ0v) is 25.3. The minimum atomic E-state index is -1.04. The van der Waals surface area contributed by atoms with Crippen LogP contribution in [0.2, 0.25) is 0 Å². The molecule has 0 aromatic rings. The number of rotatable bonds is 10. The zero-order chi connectivity index (χ0) is 27.6. The largest absolute Gasteiger partial charge is 0.481 e. The second kappa shape index (κ2) is 10.6. The Balaban J connectivity index is 1.37. The van der Waals surface area contributed by atoms with Crippen LogP contribution in [-0.2, 0) is 23.7 Å². The summed E-state index contributed by atoms with van der Waals surface area (Å²) in [7, 11) is 0. The molecule has 0 aromatic heterocycles. The van der Waals surface area contributed by atoms with Gasteiger partial charge < -0.3 is 24.1 Å². The molecule has 3 saturated carbocycles. The molecular formula is C31H49NO6S. The van der Waals surface area contributed by atoms with Gasteiger partial charge in [0.15, 0.2) is 12.6 Å². The Morgan fingerprint density at radius 2 is 1.97 bits per heavy atom. The lowest BCUT2D eigenvalue weighted by molar-refractivity contribution is -0.262. The van der Waals surface area contributed by atoms with Crippen molar-refractivity contribution >= 4 is 17.7 Å². The third-order valence-corrected chi connectivity index (χ3v) is 12.4. The van der Waals surface area contributed by atoms with Gasteiger partial charge >= 0.3 is 5.97 Å². The van der Waals surface area contributed by atoms with Crippen molar-refractivity contribution in [2.24, 2.45) is 45.8 Å². The van der Waals surface area contributed by atoms with E-state index in [0.717, 1.165) is 62.4 Å². The molecule has 9 atom stereocenters. The van der Waals surface area contributed by atoms with Gasteiger partial charge in [-0.3, -0.25) is 9.69 Å². The Hall–Kier alpha value is -0.640. The molecule has 8 heteroatoms. The number of ether oxygens (including phenoxy) is 4. The highest BCUT2D eigenvalue weighted by Gasteiger charge is 2.86. The van der Waals surface area contributed by atoms with Crippen LogP contribution in [0.25, 0.3) is 0 Å². The molecular weight excluding hydrogens is 514 g/mol. The number of morpholine rings is 1. The number of fused-ring (bicyclic) bond motifs is 2. The quantitative estimate of drug-likeness (QED) is 0.297. The van der Waals surface area contributed by atoms with Gasteiger partial charge in [0.2, 0.25) is 0 Å². The Labute approximate surface area is 238 Å². The van der Waals surface area contributed by atoms with E-state index in [4.69, 9.17) is 18.9 Å². The minimum absolute atomic E-state index is 0.0935. The van der Waals surface area contributed by atoms with Gasteiger partial charge in [0.1, 0.15) is 5.41 Å². The summed E-state index contributed by atoms with van der Waals surface area (Å²) in [6, 6.07) is 0. The maximum atomic E-state index is 14.0. The van der Waals surface area contributed by atoms with Crippen LogP contribution >= 0.6 is 11.8 Å². The van der Waals surface area contributed by atoms with Gasteiger partial charge in [0, 0.05) is 36.2 Å². The number of carboxylic acid groups (broad SMARTS) is 1. The molecule has 0 unspecified atom stereocenters. The van der Waals surface area contributed by atoms with E-state index in [1.165, 1.54) is 0 Å². The molecule has 7 nitrogen and oxygen atoms in total. The van der Waals surface area contributed by atoms with Crippen LogP contribution in [0.5, 0.6) is 0 Å². The maximum absolute atomic E-state index is 14.0. The predicted molar refractivity (Wildman–Crippen MR) is 151 cm³/mol. The highest BCUT2D eigenvalue weighted by Crippen LogP contribution is 2.84. The monoisotopic (exact) mass is 563 g/mol. The Bertz CT molecular complexity index is 969. The first kappa shape index (κ1) is 28.5. The number of allylic oxidation sites excluding steroid dienone is 1. The van der Waals surface area contributed by atoms with Crippen molar-refractivity contribution in [1.29, 1.82) is 0 Å². The third-order valence-electron chi connectivity index (χ3n) is 11.5. The van der Waals surface area contributed by atoms with Gasteiger partial charge in [0.25, 0.3) is 0 Å². The third kappa shape index (κ3) is 3.98. The average Bonchev–Trinajstić information content (AvgIpc) is 3.65. The standard InChI is InChI=1S/C31H49NO6S/c1-6-39-12-9-32-16-21(5)38-26(17-32)37-18-29-15-23-20(4)7-8-24(23)30(28-35-10-11-36-28)14-22(29)13-25(19(2)3)31(29,30)27(33)34/h13,19-24,26,28H,6-12,14-18H2,1-5H3,(H,33,34)/t20-,21-,22+,23-,24-,26-,29+,30-,31-/m1/s1. The Morgan fingerprint density at radius 1 is 1.21 bits per heavy atom. The van der Waals surface area contributed by atoms with E-state index >= 15 is 0 Å². The van der Waals surface area contributed by atoms with Crippen LogP contribution in [0.1, 0.15) is 60.3 Å². The summed E-state index contributed by atoms with van der Waals surface area (Å²) in [6.45, 7) is 15.2. The van der Waals surface area contributed by atoms with Gasteiger partial charge in [-0.25, -0.2) is 0 Å². The average molecular weight is 564 g/mol. The van der Waals surface area contributed by atoms with Crippen molar-refractivity contribution < 1.29 is 28.8 Å². The lowest BCUT2D eigenvalue weighted by Crippen LogP contribution is -2.66. The molecule has 39 heavy (non-hydrogen) atoms. The van der Waals surface area contributed by atoms with E-state index in [-0.39, 0.29) is 24.2 Å². The van der Waals surface area contributed by atoms with Gasteiger partial charge in [-0.15, -0.1) is 0 Å². The Morgan fingerprint density at radius 3 is 2.67 bits per heavy atom. The summed E-state index contributed by atoms with van der Waals surface area (Å²) >= 11 is 1.96. The maximum Gasteiger partial charge on any atom is 0.315 e. The molecule has 4 aliphatic carbocycles. The number of carboxylic acids is 1. The van der Waals surface area contributed by atoms with Crippen molar-refractivity contribution in [2.75, 3.05) is 51.0 Å². The molecule has 0 radical (unpaired) electrons. The summed E-state index contributed by atoms with van der Waals surface area (Å²) < 4.78 is 25.8. The predicted octanol–water partition coefficient (Wildman–Crippen LogP) is 4.90. The number of carbonyl (C=O) groups is 1. The van der Waals surface area contributed by atoms with Crippen LogP contribution in [0.15, 0.2) is 11.6 Å². The molecule has 0 amide bonds. The lowest BCUT2D eigenvalue weighted by Gasteiger charge is -2.61. The van der Waals surface area contributed by atoms with Crippen molar-refractivity contribution in [3.05, 3.63) is 11.6 Å². The van der Waals surface area contributed by atoms with E-state index in [1.54, 1.807) is 0 Å². The summed E-state index contributed by atoms with van der Waals surface area (Å²) in [5.74, 6) is 3.16. The Kier molecular flexibility index (Phi) is 7.72. The van der Waals surface area contributed by atoms with Crippen molar-refractivity contribution in [3.63, 3.8) is 0 Å². The highest BCUT2D eigenvalue weighted by molar-refractivity contribution is 7.99. The lowest BCUT2D eigenvalue weighted by atomic mass is 9.42. The van der Waals surface area contributed by atoms with E-state index in [0.29, 0.717) is 37.6 Å². The molecule has 220 valence electrons. The molecule has 2 heterocycles. The van der Waals surface area contributed by atoms with E-state index in [2.05, 4.69) is 45.6 Å². The van der Waals surface area contributed by atoms with E-state index < -0.39 is 28.5 Å². The van der Waals surface area contributed by atoms with Crippen LogP contribution < -0.4 is 0 Å². The number of hydrogen-bond acceptors (Lipinski definition) is 7. The number of thioether (sulfide) groups is 1. The fourth-order valence-electron chi connectivity index (χ4n) is 10.4. The van der Waals surface area contributed by atoms with Gasteiger partial charge in [-0.2, -0.15) is 11.8 Å². The van der Waals surface area contributed by atoms with Crippen LogP contribution in [0.4, 0.5) is 0 Å². The zero-order valence-electron chi connectivity index (χ0n) is 24.5. The molecule has 0 spiro atoms. The molecule has 6 rings (SSSR count). The normalized spacial score (nSPS) is 45.7. The first-order valence-electron chi connectivity index (χ1n) is 15.5. The summed E-state index contributed by atoms with van der Waals surface area (Å²) in [6.07, 6.45) is 5.57. The summed E-state index contributed by atoms with van der Waals surface area (Å²) in [5.41, 5.74) is -1.03. The second-order valence-corrected chi connectivity index (χ2v) is 15.0. The van der Waals surface area contributed by atoms with Gasteiger partial charge in [0.05, 0.1) is 25.9 Å². The minimum Gasteiger partial charge on any atom is -0.481 e. The van der Waals surface area contributed by atoms with Crippen LogP contribution in [0.3, 0.4) is 0 Å². The van der Waals surface area contributed by atoms with Gasteiger partial charge in [-0.1, -0.05) is 45.8 Å². The van der Waals surface area contributed by atoms with Crippen molar-refractivity contribution in [2.45, 2.75) is 79.0 Å². The van der Waals surface area contributed by atoms with Gasteiger partial charge in [-0.05, 0) is 61.5 Å². The molecule has 1 N–H and O–H groups in total. The van der Waals surface area contributed by atoms with E-state index in [9.17, 15) is 9.90 Å². The van der Waals surface area contributed by atoms with Crippen LogP contribution in [0, 0.1) is 45.8 Å². The smallest absolute Gasteiger partial charge is 0.315 e.